The van der Waals surface area contributed by atoms with Gasteiger partial charge in [0.1, 0.15) is 0 Å². The second-order valence-electron chi connectivity index (χ2n) is 4.21. The molecule has 0 aliphatic carbocycles. The first-order valence-corrected chi connectivity index (χ1v) is 9.20. The van der Waals surface area contributed by atoms with Crippen LogP contribution < -0.4 is 0 Å². The Morgan fingerprint density at radius 3 is 2.35 bits per heavy atom. The Hall–Kier alpha value is -0.130. The minimum absolute atomic E-state index is 0.0852. The maximum absolute atomic E-state index is 12.1. The molecule has 1 fully saturated rings. The summed E-state index contributed by atoms with van der Waals surface area (Å²) in [4.78, 5) is 0.441. The van der Waals surface area contributed by atoms with Crippen LogP contribution in [0.2, 0.25) is 0 Å². The van der Waals surface area contributed by atoms with Crippen molar-refractivity contribution in [3.8, 4) is 0 Å². The predicted molar refractivity (Wildman–Crippen MR) is 76.4 cm³/mol. The first-order chi connectivity index (χ1) is 8.02. The van der Waals surface area contributed by atoms with Gasteiger partial charge >= 0.3 is 0 Å². The Bertz CT molecular complexity index is 462. The van der Waals surface area contributed by atoms with Gasteiger partial charge in [-0.25, -0.2) is 8.42 Å². The van der Waals surface area contributed by atoms with E-state index in [-0.39, 0.29) is 9.83 Å². The van der Waals surface area contributed by atoms with Crippen LogP contribution in [-0.2, 0) is 9.84 Å². The van der Waals surface area contributed by atoms with Crippen molar-refractivity contribution in [2.24, 2.45) is 0 Å². The van der Waals surface area contributed by atoms with Crippen molar-refractivity contribution in [3.05, 3.63) is 30.3 Å². The van der Waals surface area contributed by atoms with Crippen molar-refractivity contribution in [2.75, 3.05) is 17.3 Å². The number of sulfone groups is 1. The van der Waals surface area contributed by atoms with Gasteiger partial charge in [0.05, 0.1) is 14.7 Å². The summed E-state index contributed by atoms with van der Waals surface area (Å²) < 4.78 is 24.3. The Morgan fingerprint density at radius 2 is 1.76 bits per heavy atom. The average molecular weight is 288 g/mol. The lowest BCUT2D eigenvalue weighted by Gasteiger charge is -2.21. The molecular weight excluding hydrogens is 272 g/mol. The van der Waals surface area contributed by atoms with Gasteiger partial charge in [0.2, 0.25) is 0 Å². The van der Waals surface area contributed by atoms with E-state index < -0.39 is 9.84 Å². The van der Waals surface area contributed by atoms with Gasteiger partial charge in [-0.1, -0.05) is 18.2 Å². The van der Waals surface area contributed by atoms with Crippen LogP contribution in [-0.4, -0.2) is 29.8 Å². The lowest BCUT2D eigenvalue weighted by molar-refractivity contribution is 0.592. The molecule has 0 saturated carbocycles. The first kappa shape index (κ1) is 13.3. The standard InChI is InChI=1S/C12H16O2S3/c1-12(15-8-9-16-12)7-10-17(13,14)11-5-3-2-4-6-11/h2-6H,7-10H2,1H3. The quantitative estimate of drug-likeness (QED) is 0.853. The molecule has 1 saturated heterocycles. The zero-order chi connectivity index (χ0) is 12.4. The number of rotatable bonds is 4. The Kier molecular flexibility index (Phi) is 4.10. The van der Waals surface area contributed by atoms with Crippen LogP contribution in [0.25, 0.3) is 0 Å². The van der Waals surface area contributed by atoms with Crippen LogP contribution >= 0.6 is 23.5 Å². The Morgan fingerprint density at radius 1 is 1.18 bits per heavy atom. The summed E-state index contributed by atoms with van der Waals surface area (Å²) >= 11 is 3.76. The molecule has 0 amide bonds. The molecule has 1 aliphatic heterocycles. The molecule has 1 aromatic carbocycles. The third-order valence-corrected chi connectivity index (χ3v) is 7.97. The minimum atomic E-state index is -3.11. The second-order valence-corrected chi connectivity index (χ2v) is 9.78. The fourth-order valence-electron chi connectivity index (χ4n) is 1.77. The van der Waals surface area contributed by atoms with Crippen LogP contribution in [0.15, 0.2) is 35.2 Å². The topological polar surface area (TPSA) is 34.1 Å². The zero-order valence-corrected chi connectivity index (χ0v) is 12.2. The molecule has 94 valence electrons. The van der Waals surface area contributed by atoms with E-state index >= 15 is 0 Å². The molecule has 0 N–H and O–H groups in total. The number of hydrogen-bond acceptors (Lipinski definition) is 4. The van der Waals surface area contributed by atoms with Gasteiger partial charge in [-0.3, -0.25) is 0 Å². The van der Waals surface area contributed by atoms with Crippen molar-refractivity contribution in [2.45, 2.75) is 22.3 Å². The smallest absolute Gasteiger partial charge is 0.178 e. The van der Waals surface area contributed by atoms with Crippen molar-refractivity contribution in [1.29, 1.82) is 0 Å². The van der Waals surface area contributed by atoms with E-state index in [0.717, 1.165) is 17.9 Å². The lowest BCUT2D eigenvalue weighted by atomic mass is 10.4. The third-order valence-electron chi connectivity index (χ3n) is 2.83. The SMILES string of the molecule is CC1(CCS(=O)(=O)c2ccccc2)SCCS1. The highest BCUT2D eigenvalue weighted by molar-refractivity contribution is 8.21. The van der Waals surface area contributed by atoms with E-state index in [1.54, 1.807) is 24.3 Å². The van der Waals surface area contributed by atoms with E-state index in [9.17, 15) is 8.42 Å². The molecule has 0 atom stereocenters. The second kappa shape index (κ2) is 5.24. The van der Waals surface area contributed by atoms with Gasteiger partial charge in [-0.2, -0.15) is 0 Å². The summed E-state index contributed by atoms with van der Waals surface area (Å²) in [6.45, 7) is 2.15. The molecule has 17 heavy (non-hydrogen) atoms. The molecule has 2 nitrogen and oxygen atoms in total. The maximum Gasteiger partial charge on any atom is 0.178 e. The van der Waals surface area contributed by atoms with Crippen LogP contribution in [0.4, 0.5) is 0 Å². The molecule has 5 heteroatoms. The summed E-state index contributed by atoms with van der Waals surface area (Å²) in [5, 5.41) is 0. The number of benzene rings is 1. The summed E-state index contributed by atoms with van der Waals surface area (Å²) in [7, 11) is -3.11. The predicted octanol–water partition coefficient (Wildman–Crippen LogP) is 3.05. The molecule has 0 bridgehead atoms. The van der Waals surface area contributed by atoms with E-state index in [4.69, 9.17) is 0 Å². The van der Waals surface area contributed by atoms with E-state index in [2.05, 4.69) is 6.92 Å². The molecule has 0 radical (unpaired) electrons. The molecular formula is C12H16O2S3. The fraction of sp³-hybridized carbons (Fsp3) is 0.500. The van der Waals surface area contributed by atoms with E-state index in [1.165, 1.54) is 0 Å². The third kappa shape index (κ3) is 3.42. The van der Waals surface area contributed by atoms with Gasteiger partial charge in [0.25, 0.3) is 0 Å². The van der Waals surface area contributed by atoms with Crippen LogP contribution in [0.1, 0.15) is 13.3 Å². The highest BCUT2D eigenvalue weighted by atomic mass is 32.2. The Labute approximate surface area is 111 Å². The summed E-state index contributed by atoms with van der Waals surface area (Å²) in [6.07, 6.45) is 0.722. The number of hydrogen-bond donors (Lipinski definition) is 0. The highest BCUT2D eigenvalue weighted by Gasteiger charge is 2.32. The summed E-state index contributed by atoms with van der Waals surface area (Å²) in [5.74, 6) is 2.51. The summed E-state index contributed by atoms with van der Waals surface area (Å²) in [6, 6.07) is 8.73. The van der Waals surface area contributed by atoms with E-state index in [1.807, 2.05) is 29.6 Å². The van der Waals surface area contributed by atoms with Gasteiger partial charge in [0, 0.05) is 11.5 Å². The van der Waals surface area contributed by atoms with Gasteiger partial charge in [-0.05, 0) is 25.5 Å². The Balaban J connectivity index is 2.04. The van der Waals surface area contributed by atoms with Crippen molar-refractivity contribution in [3.63, 3.8) is 0 Å². The van der Waals surface area contributed by atoms with Crippen LogP contribution in [0, 0.1) is 0 Å². The molecule has 0 unspecified atom stereocenters. The highest BCUT2D eigenvalue weighted by Crippen LogP contribution is 2.46. The molecule has 1 aliphatic rings. The fourth-order valence-corrected chi connectivity index (χ4v) is 6.37. The molecule has 1 aromatic rings. The van der Waals surface area contributed by atoms with E-state index in [0.29, 0.717) is 4.90 Å². The zero-order valence-electron chi connectivity index (χ0n) is 9.76. The summed E-state index contributed by atoms with van der Waals surface area (Å²) in [5.41, 5.74) is 0. The van der Waals surface area contributed by atoms with Crippen molar-refractivity contribution < 1.29 is 8.42 Å². The first-order valence-electron chi connectivity index (χ1n) is 5.58. The molecule has 1 heterocycles. The van der Waals surface area contributed by atoms with Crippen molar-refractivity contribution in [1.82, 2.24) is 0 Å². The maximum atomic E-state index is 12.1. The van der Waals surface area contributed by atoms with Crippen molar-refractivity contribution >= 4 is 33.4 Å². The average Bonchev–Trinajstić information content (AvgIpc) is 2.76. The van der Waals surface area contributed by atoms with Gasteiger partial charge in [-0.15, -0.1) is 23.5 Å². The normalized spacial score (nSPS) is 19.4. The van der Waals surface area contributed by atoms with Gasteiger partial charge in [0.15, 0.2) is 9.84 Å². The molecule has 2 rings (SSSR count). The van der Waals surface area contributed by atoms with Crippen LogP contribution in [0.3, 0.4) is 0 Å². The van der Waals surface area contributed by atoms with Gasteiger partial charge < -0.3 is 0 Å². The minimum Gasteiger partial charge on any atom is -0.224 e. The number of thioether (sulfide) groups is 2. The van der Waals surface area contributed by atoms with Crippen LogP contribution in [0.5, 0.6) is 0 Å². The molecule has 0 aromatic heterocycles. The molecule has 0 spiro atoms. The largest absolute Gasteiger partial charge is 0.224 e. The monoisotopic (exact) mass is 288 g/mol. The lowest BCUT2D eigenvalue weighted by Crippen LogP contribution is -2.18.